The maximum atomic E-state index is 9.18. The molecule has 11 heavy (non-hydrogen) atoms. The molecule has 0 saturated carbocycles. The first kappa shape index (κ1) is 17.6. The largest absolute Gasteiger partial charge is 2.00 e. The number of carbonyl (C=O) groups excluding carboxylic acids is 2. The molecule has 0 heterocycles. The fourth-order valence-corrected chi connectivity index (χ4v) is 0. The molecule has 7 heteroatoms. The number of carboxylic acids is 2. The second-order valence-corrected chi connectivity index (χ2v) is 1.69. The summed E-state index contributed by atoms with van der Waals surface area (Å²) in [4.78, 5) is 18.4. The van der Waals surface area contributed by atoms with Gasteiger partial charge in [0.1, 0.15) is 0 Å². The van der Waals surface area contributed by atoms with Crippen molar-refractivity contribution in [1.29, 1.82) is 0 Å². The zero-order chi connectivity index (χ0) is 8.57. The second-order valence-electron chi connectivity index (χ2n) is 1.06. The standard InChI is InChI=1S/2C2H4O2S.Cd/c2*3-2(4)1-5;/h2*5H,1H2,(H,3,4);/q;;+2/p-2. The molecule has 0 N–H and O–H groups in total. The average molecular weight is 295 g/mol. The first-order valence-corrected chi connectivity index (χ1v) is 3.42. The van der Waals surface area contributed by atoms with Crippen molar-refractivity contribution in [2.75, 3.05) is 11.5 Å². The summed E-state index contributed by atoms with van der Waals surface area (Å²) >= 11 is 6.71. The Hall–Kier alpha value is 0.562. The molecular formula is C4H6CdO4S2. The summed E-state index contributed by atoms with van der Waals surface area (Å²) < 4.78 is 0. The smallest absolute Gasteiger partial charge is 0.549 e. The monoisotopic (exact) mass is 296 g/mol. The third-order valence-corrected chi connectivity index (χ3v) is 0.775. The third kappa shape index (κ3) is 37.2. The average Bonchev–Trinajstić information content (AvgIpc) is 1.89. The molecule has 0 aromatic rings. The van der Waals surface area contributed by atoms with Gasteiger partial charge in [-0.25, -0.2) is 0 Å². The third-order valence-electron chi connectivity index (χ3n) is 0.258. The molecule has 0 aliphatic heterocycles. The van der Waals surface area contributed by atoms with Crippen molar-refractivity contribution in [3.05, 3.63) is 0 Å². The van der Waals surface area contributed by atoms with Crippen LogP contribution in [-0.4, -0.2) is 23.4 Å². The summed E-state index contributed by atoms with van der Waals surface area (Å²) in [5.74, 6) is -2.65. The van der Waals surface area contributed by atoms with Gasteiger partial charge in [0.2, 0.25) is 0 Å². The van der Waals surface area contributed by atoms with E-state index >= 15 is 0 Å². The van der Waals surface area contributed by atoms with Crippen LogP contribution in [0.2, 0.25) is 0 Å². The van der Waals surface area contributed by atoms with Crippen molar-refractivity contribution in [3.63, 3.8) is 0 Å². The van der Waals surface area contributed by atoms with Crippen LogP contribution in [0.4, 0.5) is 0 Å². The number of aliphatic carboxylic acids is 2. The van der Waals surface area contributed by atoms with Crippen LogP contribution in [0, 0.1) is 0 Å². The van der Waals surface area contributed by atoms with E-state index < -0.39 is 11.9 Å². The fraction of sp³-hybridized carbons (Fsp3) is 0.500. The van der Waals surface area contributed by atoms with Gasteiger partial charge in [-0.15, -0.1) is 0 Å². The summed E-state index contributed by atoms with van der Waals surface area (Å²) in [6, 6.07) is 0. The topological polar surface area (TPSA) is 80.3 Å². The first-order chi connectivity index (χ1) is 4.54. The quantitative estimate of drug-likeness (QED) is 0.430. The maximum Gasteiger partial charge on any atom is 2.00 e. The Kier molecular flexibility index (Phi) is 21.1. The molecule has 0 aliphatic carbocycles. The van der Waals surface area contributed by atoms with Gasteiger partial charge in [-0.1, -0.05) is 0 Å². The SMILES string of the molecule is O=C([O-])CS.O=C([O-])CS.[Cd+2]. The number of rotatable bonds is 2. The van der Waals surface area contributed by atoms with Gasteiger partial charge < -0.3 is 19.8 Å². The van der Waals surface area contributed by atoms with Crippen molar-refractivity contribution in [2.24, 2.45) is 0 Å². The Morgan fingerprint density at radius 1 is 1.00 bits per heavy atom. The normalized spacial score (nSPS) is 6.73. The Morgan fingerprint density at radius 2 is 1.09 bits per heavy atom. The fourth-order valence-electron chi connectivity index (χ4n) is 0. The number of hydrogen-bond acceptors (Lipinski definition) is 6. The van der Waals surface area contributed by atoms with E-state index in [0.717, 1.165) is 0 Å². The predicted octanol–water partition coefficient (Wildman–Crippen LogP) is -2.67. The molecule has 0 aliphatic rings. The van der Waals surface area contributed by atoms with Gasteiger partial charge in [0.05, 0.1) is 11.9 Å². The number of carboxylic acid groups (broad SMARTS) is 2. The minimum atomic E-state index is -1.13. The molecule has 0 spiro atoms. The van der Waals surface area contributed by atoms with E-state index in [9.17, 15) is 19.8 Å². The van der Waals surface area contributed by atoms with Crippen LogP contribution in [0.25, 0.3) is 0 Å². The van der Waals surface area contributed by atoms with Crippen LogP contribution < -0.4 is 10.2 Å². The molecule has 0 bridgehead atoms. The van der Waals surface area contributed by atoms with Gasteiger partial charge in [0, 0.05) is 11.5 Å². The van der Waals surface area contributed by atoms with Crippen LogP contribution in [0.15, 0.2) is 0 Å². The molecule has 0 fully saturated rings. The molecule has 0 atom stereocenters. The Bertz CT molecular complexity index is 105. The van der Waals surface area contributed by atoms with Crippen LogP contribution in [0.5, 0.6) is 0 Å². The van der Waals surface area contributed by atoms with Crippen LogP contribution in [0.1, 0.15) is 0 Å². The molecule has 0 amide bonds. The van der Waals surface area contributed by atoms with E-state index in [2.05, 4.69) is 25.3 Å². The van der Waals surface area contributed by atoms with Crippen LogP contribution >= 0.6 is 25.3 Å². The van der Waals surface area contributed by atoms with Gasteiger partial charge in [0.25, 0.3) is 0 Å². The van der Waals surface area contributed by atoms with Crippen molar-refractivity contribution in [3.8, 4) is 0 Å². The van der Waals surface area contributed by atoms with Crippen LogP contribution in [0.3, 0.4) is 0 Å². The number of hydrogen-bond donors (Lipinski definition) is 2. The zero-order valence-corrected chi connectivity index (χ0v) is 11.5. The molecule has 60 valence electrons. The predicted molar refractivity (Wildman–Crippen MR) is 37.7 cm³/mol. The summed E-state index contributed by atoms with van der Waals surface area (Å²) in [6.45, 7) is 0. The minimum absolute atomic E-state index is 0. The van der Waals surface area contributed by atoms with E-state index in [0.29, 0.717) is 0 Å². The molecule has 4 nitrogen and oxygen atoms in total. The molecule has 0 unspecified atom stereocenters. The van der Waals surface area contributed by atoms with E-state index in [1.165, 1.54) is 0 Å². The van der Waals surface area contributed by atoms with E-state index in [1.54, 1.807) is 0 Å². The minimum Gasteiger partial charge on any atom is -0.549 e. The molecule has 0 aromatic carbocycles. The molecule has 0 aromatic heterocycles. The van der Waals surface area contributed by atoms with Crippen molar-refractivity contribution >= 4 is 37.2 Å². The second kappa shape index (κ2) is 13.2. The van der Waals surface area contributed by atoms with Gasteiger partial charge in [-0.05, 0) is 0 Å². The van der Waals surface area contributed by atoms with Crippen LogP contribution in [-0.2, 0) is 36.9 Å². The number of thiol groups is 2. The van der Waals surface area contributed by atoms with E-state index in [-0.39, 0.29) is 38.8 Å². The summed E-state index contributed by atoms with van der Waals surface area (Å²) in [5, 5.41) is 18.4. The maximum absolute atomic E-state index is 9.18. The van der Waals surface area contributed by atoms with E-state index in [1.807, 2.05) is 0 Å². The Morgan fingerprint density at radius 3 is 1.09 bits per heavy atom. The molecule has 0 radical (unpaired) electrons. The van der Waals surface area contributed by atoms with Crippen molar-refractivity contribution in [1.82, 2.24) is 0 Å². The van der Waals surface area contributed by atoms with Gasteiger partial charge in [-0.2, -0.15) is 25.3 Å². The molecule has 0 rings (SSSR count). The van der Waals surface area contributed by atoms with Gasteiger partial charge >= 0.3 is 27.3 Å². The first-order valence-electron chi connectivity index (χ1n) is 2.16. The summed E-state index contributed by atoms with van der Waals surface area (Å²) in [6.07, 6.45) is 0. The Labute approximate surface area is 95.3 Å². The summed E-state index contributed by atoms with van der Waals surface area (Å²) in [7, 11) is 0. The van der Waals surface area contributed by atoms with Crippen molar-refractivity contribution < 1.29 is 47.1 Å². The van der Waals surface area contributed by atoms with Crippen molar-refractivity contribution in [2.45, 2.75) is 0 Å². The zero-order valence-electron chi connectivity index (χ0n) is 5.65. The van der Waals surface area contributed by atoms with E-state index in [4.69, 9.17) is 0 Å². The van der Waals surface area contributed by atoms with Gasteiger partial charge in [0.15, 0.2) is 0 Å². The number of carbonyl (C=O) groups is 2. The molecular weight excluding hydrogens is 289 g/mol. The Balaban J connectivity index is -0.000000107. The summed E-state index contributed by atoms with van der Waals surface area (Å²) in [5.41, 5.74) is 0. The van der Waals surface area contributed by atoms with Gasteiger partial charge in [-0.3, -0.25) is 0 Å². The molecule has 0 saturated heterocycles.